The molecule has 1 atom stereocenters. The van der Waals surface area contributed by atoms with Crippen LogP contribution in [0.15, 0.2) is 58.0 Å². The summed E-state index contributed by atoms with van der Waals surface area (Å²) >= 11 is 4.56. The van der Waals surface area contributed by atoms with E-state index in [9.17, 15) is 14.0 Å². The van der Waals surface area contributed by atoms with Gasteiger partial charge in [-0.3, -0.25) is 14.6 Å². The summed E-state index contributed by atoms with van der Waals surface area (Å²) in [5.74, 6) is -0.835. The lowest BCUT2D eigenvalue weighted by molar-refractivity contribution is -0.121. The number of thioether (sulfide) groups is 1. The second kappa shape index (κ2) is 8.67. The quantitative estimate of drug-likeness (QED) is 0.425. The maximum absolute atomic E-state index is 13.1. The number of rotatable bonds is 4. The van der Waals surface area contributed by atoms with Crippen LogP contribution < -0.4 is 10.2 Å². The van der Waals surface area contributed by atoms with E-state index in [4.69, 9.17) is 0 Å². The number of hydrogen-bond acceptors (Lipinski definition) is 4. The molecular weight excluding hydrogens is 433 g/mol. The predicted octanol–water partition coefficient (Wildman–Crippen LogP) is 4.44. The first-order valence-corrected chi connectivity index (χ1v) is 10.0. The molecule has 1 aliphatic heterocycles. The Balaban J connectivity index is 1.74. The van der Waals surface area contributed by atoms with Crippen LogP contribution in [0.1, 0.15) is 13.3 Å². The molecule has 0 unspecified atom stereocenters. The van der Waals surface area contributed by atoms with Gasteiger partial charge in [-0.15, -0.1) is 0 Å². The molecule has 2 amide bonds. The Morgan fingerprint density at radius 1 is 1.22 bits per heavy atom. The van der Waals surface area contributed by atoms with Crippen molar-refractivity contribution in [3.63, 3.8) is 0 Å². The second-order valence-electron chi connectivity index (χ2n) is 5.77. The number of halogens is 2. The highest BCUT2D eigenvalue weighted by Gasteiger charge is 2.40. The van der Waals surface area contributed by atoms with Gasteiger partial charge in [-0.25, -0.2) is 9.29 Å². The van der Waals surface area contributed by atoms with Crippen LogP contribution in [0.3, 0.4) is 0 Å². The maximum atomic E-state index is 13.1. The smallest absolute Gasteiger partial charge is 0.247 e. The van der Waals surface area contributed by atoms with E-state index in [2.05, 4.69) is 26.2 Å². The molecule has 0 aliphatic carbocycles. The first-order chi connectivity index (χ1) is 13.0. The third kappa shape index (κ3) is 4.75. The zero-order valence-electron chi connectivity index (χ0n) is 14.5. The van der Waals surface area contributed by atoms with Gasteiger partial charge < -0.3 is 5.32 Å². The van der Waals surface area contributed by atoms with Crippen LogP contribution in [0.4, 0.5) is 15.8 Å². The number of nitrogens with one attached hydrogen (secondary N) is 1. The number of amides is 2. The van der Waals surface area contributed by atoms with Crippen LogP contribution in [0.25, 0.3) is 0 Å². The number of carbonyl (C=O) groups excluding carboxylic acids is 2. The minimum Gasteiger partial charge on any atom is -0.335 e. The van der Waals surface area contributed by atoms with Crippen molar-refractivity contribution in [2.24, 2.45) is 4.99 Å². The number of benzene rings is 2. The lowest BCUT2D eigenvalue weighted by Crippen LogP contribution is -2.31. The third-order valence-corrected chi connectivity index (χ3v) is 5.48. The number of carbonyl (C=O) groups is 2. The van der Waals surface area contributed by atoms with Crippen molar-refractivity contribution in [2.45, 2.75) is 18.6 Å². The number of hydrogen-bond donors (Lipinski definition) is 1. The molecule has 5 nitrogen and oxygen atoms in total. The van der Waals surface area contributed by atoms with E-state index < -0.39 is 5.25 Å². The normalized spacial score (nSPS) is 17.5. The van der Waals surface area contributed by atoms with Crippen molar-refractivity contribution in [3.05, 3.63) is 58.8 Å². The number of imide groups is 1. The highest BCUT2D eigenvalue weighted by molar-refractivity contribution is 9.10. The fourth-order valence-corrected chi connectivity index (χ4v) is 3.95. The Morgan fingerprint density at radius 3 is 2.52 bits per heavy atom. The van der Waals surface area contributed by atoms with Crippen LogP contribution in [-0.4, -0.2) is 28.8 Å². The maximum Gasteiger partial charge on any atom is 0.247 e. The van der Waals surface area contributed by atoms with Gasteiger partial charge in [0.05, 0.1) is 5.69 Å². The zero-order valence-corrected chi connectivity index (χ0v) is 16.9. The van der Waals surface area contributed by atoms with Crippen molar-refractivity contribution >= 4 is 56.0 Å². The van der Waals surface area contributed by atoms with Crippen molar-refractivity contribution in [1.82, 2.24) is 0 Å². The molecule has 0 bridgehead atoms. The molecule has 2 aromatic rings. The molecule has 3 rings (SSSR count). The Hall–Kier alpha value is -2.19. The summed E-state index contributed by atoms with van der Waals surface area (Å²) in [5, 5.41) is 3.05. The lowest BCUT2D eigenvalue weighted by atomic mass is 10.3. The molecule has 0 saturated carbocycles. The van der Waals surface area contributed by atoms with Crippen LogP contribution in [0.2, 0.25) is 0 Å². The molecule has 1 heterocycles. The largest absolute Gasteiger partial charge is 0.335 e. The van der Waals surface area contributed by atoms with E-state index in [0.717, 1.165) is 4.47 Å². The highest BCUT2D eigenvalue weighted by atomic mass is 79.9. The van der Waals surface area contributed by atoms with Crippen molar-refractivity contribution in [1.29, 1.82) is 0 Å². The van der Waals surface area contributed by atoms with Crippen LogP contribution in [0.5, 0.6) is 0 Å². The van der Waals surface area contributed by atoms with Gasteiger partial charge in [0.2, 0.25) is 11.8 Å². The number of nitrogens with zero attached hydrogens (tertiary/aromatic N) is 2. The summed E-state index contributed by atoms with van der Waals surface area (Å²) in [5.41, 5.74) is 1.22. The van der Waals surface area contributed by atoms with E-state index in [1.807, 2.05) is 6.92 Å². The summed E-state index contributed by atoms with van der Waals surface area (Å²) in [7, 11) is 0. The van der Waals surface area contributed by atoms with Gasteiger partial charge in [0.1, 0.15) is 11.1 Å². The Kier molecular flexibility index (Phi) is 6.28. The molecule has 0 aromatic heterocycles. The molecule has 2 aromatic carbocycles. The van der Waals surface area contributed by atoms with Gasteiger partial charge in [0, 0.05) is 23.1 Å². The van der Waals surface area contributed by atoms with Crippen LogP contribution in [-0.2, 0) is 9.59 Å². The van der Waals surface area contributed by atoms with Gasteiger partial charge in [0.25, 0.3) is 0 Å². The minimum atomic E-state index is -0.556. The van der Waals surface area contributed by atoms with E-state index in [0.29, 0.717) is 23.1 Å². The van der Waals surface area contributed by atoms with E-state index in [-0.39, 0.29) is 24.1 Å². The number of anilines is 2. The predicted molar refractivity (Wildman–Crippen MR) is 111 cm³/mol. The van der Waals surface area contributed by atoms with Crippen molar-refractivity contribution < 1.29 is 14.0 Å². The van der Waals surface area contributed by atoms with Gasteiger partial charge in [0.15, 0.2) is 5.17 Å². The minimum absolute atomic E-state index is 0.105. The fourth-order valence-electron chi connectivity index (χ4n) is 2.60. The van der Waals surface area contributed by atoms with E-state index in [1.165, 1.54) is 28.8 Å². The fraction of sp³-hybridized carbons (Fsp3) is 0.211. The van der Waals surface area contributed by atoms with Crippen molar-refractivity contribution in [2.75, 3.05) is 16.8 Å². The Morgan fingerprint density at radius 2 is 1.89 bits per heavy atom. The molecule has 1 saturated heterocycles. The lowest BCUT2D eigenvalue weighted by Gasteiger charge is -2.16. The van der Waals surface area contributed by atoms with Gasteiger partial charge in [-0.2, -0.15) is 0 Å². The topological polar surface area (TPSA) is 61.8 Å². The molecule has 27 heavy (non-hydrogen) atoms. The summed E-state index contributed by atoms with van der Waals surface area (Å²) < 4.78 is 13.9. The molecule has 0 radical (unpaired) electrons. The zero-order chi connectivity index (χ0) is 19.4. The SMILES string of the molecule is CCN=C(Nc1ccc(F)cc1)S[C@H]1CC(=O)N(c2ccc(Br)cc2)C1=O. The molecular formula is C19H17BrFN3O2S. The molecule has 1 fully saturated rings. The van der Waals surface area contributed by atoms with Gasteiger partial charge >= 0.3 is 0 Å². The van der Waals surface area contributed by atoms with Crippen molar-refractivity contribution in [3.8, 4) is 0 Å². The highest BCUT2D eigenvalue weighted by Crippen LogP contribution is 2.31. The molecule has 0 spiro atoms. The summed E-state index contributed by atoms with van der Waals surface area (Å²) in [6, 6.07) is 12.9. The third-order valence-electron chi connectivity index (χ3n) is 3.84. The van der Waals surface area contributed by atoms with Gasteiger partial charge in [-0.05, 0) is 55.5 Å². The average molecular weight is 450 g/mol. The molecule has 1 N–H and O–H groups in total. The number of aliphatic imine (C=N–C) groups is 1. The van der Waals surface area contributed by atoms with Crippen LogP contribution >= 0.6 is 27.7 Å². The van der Waals surface area contributed by atoms with Crippen LogP contribution in [0, 0.1) is 5.82 Å². The average Bonchev–Trinajstić information content (AvgIpc) is 2.92. The first kappa shape index (κ1) is 19.6. The van der Waals surface area contributed by atoms with E-state index >= 15 is 0 Å². The standard InChI is InChI=1S/C19H17BrFN3O2S/c1-2-22-19(23-14-7-5-13(21)6-8-14)27-16-11-17(25)24(18(16)26)15-9-3-12(20)4-10-15/h3-10,16H,2,11H2,1H3,(H,22,23)/t16-/m0/s1. The number of amidine groups is 1. The molecule has 140 valence electrons. The summed E-state index contributed by atoms with van der Waals surface area (Å²) in [6.45, 7) is 2.39. The molecule has 8 heteroatoms. The Labute approximate surface area is 169 Å². The van der Waals surface area contributed by atoms with E-state index in [1.54, 1.807) is 36.4 Å². The first-order valence-electron chi connectivity index (χ1n) is 8.34. The van der Waals surface area contributed by atoms with Gasteiger partial charge in [-0.1, -0.05) is 27.7 Å². The Bertz CT molecular complexity index is 872. The monoisotopic (exact) mass is 449 g/mol. The summed E-state index contributed by atoms with van der Waals surface area (Å²) in [4.78, 5) is 30.7. The molecule has 1 aliphatic rings. The summed E-state index contributed by atoms with van der Waals surface area (Å²) in [6.07, 6.45) is 0.105. The second-order valence-corrected chi connectivity index (χ2v) is 7.87.